The summed E-state index contributed by atoms with van der Waals surface area (Å²) in [6.07, 6.45) is 15.3. The minimum absolute atomic E-state index is 0.0608. The summed E-state index contributed by atoms with van der Waals surface area (Å²) in [6.45, 7) is 4.90. The first-order valence-corrected chi connectivity index (χ1v) is 12.5. The highest BCUT2D eigenvalue weighted by Crippen LogP contribution is 2.60. The highest BCUT2D eigenvalue weighted by Gasteiger charge is 2.55. The van der Waals surface area contributed by atoms with Gasteiger partial charge in [-0.25, -0.2) is 0 Å². The van der Waals surface area contributed by atoms with Crippen molar-refractivity contribution in [2.75, 3.05) is 6.61 Å². The van der Waals surface area contributed by atoms with Crippen molar-refractivity contribution >= 4 is 11.8 Å². The van der Waals surface area contributed by atoms with Crippen LogP contribution in [0.1, 0.15) is 92.4 Å². The van der Waals surface area contributed by atoms with Gasteiger partial charge in [0.2, 0.25) is 5.78 Å². The molecule has 5 aliphatic carbocycles. The SMILES string of the molecule is Cc1cc(C(=O)COC(=O)C23CC4CC(CC(C4)C2)C3)c(C)n1CCC1=CCCCC1. The smallest absolute Gasteiger partial charge is 0.312 e. The lowest BCUT2D eigenvalue weighted by Gasteiger charge is -2.55. The van der Waals surface area contributed by atoms with E-state index in [0.29, 0.717) is 23.3 Å². The average Bonchev–Trinajstić information content (AvgIpc) is 3.03. The van der Waals surface area contributed by atoms with Gasteiger partial charge in [-0.1, -0.05) is 11.6 Å². The minimum Gasteiger partial charge on any atom is -0.457 e. The molecule has 1 heterocycles. The van der Waals surface area contributed by atoms with Crippen LogP contribution < -0.4 is 0 Å². The number of hydrogen-bond donors (Lipinski definition) is 0. The molecule has 0 radical (unpaired) electrons. The Morgan fingerprint density at radius 2 is 1.74 bits per heavy atom. The summed E-state index contributed by atoms with van der Waals surface area (Å²) in [6, 6.07) is 1.98. The number of rotatable bonds is 7. The van der Waals surface area contributed by atoms with Gasteiger partial charge in [-0.05, 0) is 108 Å². The van der Waals surface area contributed by atoms with Crippen LogP contribution in [0.4, 0.5) is 0 Å². The molecular weight excluding hydrogens is 386 g/mol. The van der Waals surface area contributed by atoms with Gasteiger partial charge in [0, 0.05) is 23.5 Å². The fourth-order valence-electron chi connectivity index (χ4n) is 7.54. The molecule has 0 amide bonds. The summed E-state index contributed by atoms with van der Waals surface area (Å²) in [7, 11) is 0. The third kappa shape index (κ3) is 4.03. The maximum atomic E-state index is 13.1. The molecule has 4 saturated carbocycles. The Kier molecular flexibility index (Phi) is 5.60. The number of carbonyl (C=O) groups is 2. The number of ether oxygens (including phenoxy) is 1. The molecule has 4 nitrogen and oxygen atoms in total. The largest absolute Gasteiger partial charge is 0.457 e. The van der Waals surface area contributed by atoms with E-state index >= 15 is 0 Å². The molecule has 0 aromatic carbocycles. The van der Waals surface area contributed by atoms with E-state index in [1.54, 1.807) is 5.57 Å². The number of nitrogens with zero attached hydrogens (tertiary/aromatic N) is 1. The second kappa shape index (κ2) is 8.26. The van der Waals surface area contributed by atoms with Crippen molar-refractivity contribution in [1.29, 1.82) is 0 Å². The Bertz CT molecular complexity index is 871. The lowest BCUT2D eigenvalue weighted by molar-refractivity contribution is -0.170. The van der Waals surface area contributed by atoms with Crippen molar-refractivity contribution in [2.24, 2.45) is 23.2 Å². The maximum absolute atomic E-state index is 13.1. The molecule has 1 aromatic heterocycles. The van der Waals surface area contributed by atoms with Crippen molar-refractivity contribution < 1.29 is 14.3 Å². The van der Waals surface area contributed by atoms with Gasteiger partial charge in [0.1, 0.15) is 0 Å². The molecule has 4 heteroatoms. The van der Waals surface area contributed by atoms with Crippen molar-refractivity contribution in [3.63, 3.8) is 0 Å². The highest BCUT2D eigenvalue weighted by molar-refractivity contribution is 5.99. The number of hydrogen-bond acceptors (Lipinski definition) is 3. The number of ketones is 1. The van der Waals surface area contributed by atoms with E-state index in [1.165, 1.54) is 44.9 Å². The second-order valence-corrected chi connectivity index (χ2v) is 11.0. The lowest BCUT2D eigenvalue weighted by atomic mass is 9.49. The molecule has 0 N–H and O–H groups in total. The van der Waals surface area contributed by atoms with E-state index < -0.39 is 0 Å². The molecule has 168 valence electrons. The molecule has 0 saturated heterocycles. The Morgan fingerprint density at radius 3 is 2.35 bits per heavy atom. The van der Waals surface area contributed by atoms with E-state index in [9.17, 15) is 9.59 Å². The number of esters is 1. The van der Waals surface area contributed by atoms with E-state index in [2.05, 4.69) is 17.6 Å². The quantitative estimate of drug-likeness (QED) is 0.310. The Morgan fingerprint density at radius 1 is 1.06 bits per heavy atom. The van der Waals surface area contributed by atoms with E-state index in [4.69, 9.17) is 4.74 Å². The summed E-state index contributed by atoms with van der Waals surface area (Å²) in [4.78, 5) is 26.0. The van der Waals surface area contributed by atoms with Crippen LogP contribution in [0.25, 0.3) is 0 Å². The molecule has 31 heavy (non-hydrogen) atoms. The first-order chi connectivity index (χ1) is 14.9. The molecule has 1 aromatic rings. The monoisotopic (exact) mass is 423 g/mol. The van der Waals surface area contributed by atoms with E-state index in [-0.39, 0.29) is 23.8 Å². The third-order valence-corrected chi connectivity index (χ3v) is 8.72. The van der Waals surface area contributed by atoms with Crippen LogP contribution in [-0.2, 0) is 16.1 Å². The van der Waals surface area contributed by atoms with Gasteiger partial charge in [-0.15, -0.1) is 0 Å². The van der Waals surface area contributed by atoms with Gasteiger partial charge in [-0.2, -0.15) is 0 Å². The molecule has 0 aliphatic heterocycles. The second-order valence-electron chi connectivity index (χ2n) is 11.0. The van der Waals surface area contributed by atoms with Crippen LogP contribution in [0, 0.1) is 37.0 Å². The molecule has 0 atom stereocenters. The topological polar surface area (TPSA) is 48.3 Å². The molecule has 0 unspecified atom stereocenters. The predicted octanol–water partition coefficient (Wildman–Crippen LogP) is 5.94. The predicted molar refractivity (Wildman–Crippen MR) is 121 cm³/mol. The zero-order valence-corrected chi connectivity index (χ0v) is 19.3. The minimum atomic E-state index is -0.292. The third-order valence-electron chi connectivity index (χ3n) is 8.72. The molecule has 4 bridgehead atoms. The molecule has 0 spiro atoms. The van der Waals surface area contributed by atoms with Gasteiger partial charge >= 0.3 is 5.97 Å². The van der Waals surface area contributed by atoms with Gasteiger partial charge in [0.15, 0.2) is 6.61 Å². The van der Waals surface area contributed by atoms with Crippen molar-refractivity contribution in [2.45, 2.75) is 91.0 Å². The highest BCUT2D eigenvalue weighted by atomic mass is 16.5. The first-order valence-electron chi connectivity index (χ1n) is 12.5. The van der Waals surface area contributed by atoms with Crippen LogP contribution in [-0.4, -0.2) is 22.9 Å². The van der Waals surface area contributed by atoms with Crippen LogP contribution in [0.5, 0.6) is 0 Å². The number of aryl methyl sites for hydroxylation is 1. The summed E-state index contributed by atoms with van der Waals surface area (Å²) >= 11 is 0. The number of aromatic nitrogens is 1. The Balaban J connectivity index is 1.21. The fourth-order valence-corrected chi connectivity index (χ4v) is 7.54. The van der Waals surface area contributed by atoms with Gasteiger partial charge in [0.25, 0.3) is 0 Å². The maximum Gasteiger partial charge on any atom is 0.312 e. The normalized spacial score (nSPS) is 31.5. The van der Waals surface area contributed by atoms with Gasteiger partial charge in [-0.3, -0.25) is 9.59 Å². The Labute approximate surface area is 186 Å². The molecule has 5 aliphatic rings. The van der Waals surface area contributed by atoms with Crippen LogP contribution in [0.15, 0.2) is 17.7 Å². The lowest BCUT2D eigenvalue weighted by Crippen LogP contribution is -2.50. The zero-order valence-electron chi connectivity index (χ0n) is 19.3. The zero-order chi connectivity index (χ0) is 21.6. The molecule has 4 fully saturated rings. The summed E-state index contributed by atoms with van der Waals surface area (Å²) in [5.41, 5.74) is 4.10. The average molecular weight is 424 g/mol. The number of Topliss-reactive ketones (excluding diaryl/α,β-unsaturated/α-hetero) is 1. The molecular formula is C27H37NO3. The summed E-state index contributed by atoms with van der Waals surface area (Å²) in [5, 5.41) is 0. The van der Waals surface area contributed by atoms with Crippen LogP contribution in [0.3, 0.4) is 0 Å². The van der Waals surface area contributed by atoms with Crippen molar-refractivity contribution in [1.82, 2.24) is 4.57 Å². The number of allylic oxidation sites excluding steroid dienone is 2. The standard InChI is InChI=1S/C27H37NO3/c1-18-10-24(19(2)28(18)9-8-20-6-4-3-5-7-20)25(29)17-31-26(30)27-14-21-11-22(15-27)13-23(12-21)16-27/h6,10,21-23H,3-5,7-9,11-17H2,1-2H3. The summed E-state index contributed by atoms with van der Waals surface area (Å²) < 4.78 is 7.95. The van der Waals surface area contributed by atoms with E-state index in [0.717, 1.165) is 43.6 Å². The van der Waals surface area contributed by atoms with Gasteiger partial charge < -0.3 is 9.30 Å². The summed E-state index contributed by atoms with van der Waals surface area (Å²) in [5.74, 6) is 1.94. The van der Waals surface area contributed by atoms with Crippen molar-refractivity contribution in [3.05, 3.63) is 34.7 Å². The number of carbonyl (C=O) groups excluding carboxylic acids is 2. The first kappa shape index (κ1) is 21.0. The van der Waals surface area contributed by atoms with Gasteiger partial charge in [0.05, 0.1) is 5.41 Å². The van der Waals surface area contributed by atoms with Crippen molar-refractivity contribution in [3.8, 4) is 0 Å². The molecule has 6 rings (SSSR count). The Hall–Kier alpha value is -1.84. The fraction of sp³-hybridized carbons (Fsp3) is 0.704. The van der Waals surface area contributed by atoms with Crippen LogP contribution in [0.2, 0.25) is 0 Å². The van der Waals surface area contributed by atoms with E-state index in [1.807, 2.05) is 13.0 Å². The van der Waals surface area contributed by atoms with Crippen LogP contribution >= 0.6 is 0 Å².